The van der Waals surface area contributed by atoms with Crippen molar-refractivity contribution in [1.29, 1.82) is 0 Å². The minimum absolute atomic E-state index is 0.400. The van der Waals surface area contributed by atoms with Crippen molar-refractivity contribution in [3.8, 4) is 0 Å². The Morgan fingerprint density at radius 3 is 2.07 bits per heavy atom. The standard InChI is InChI=1S/C21H40O5S/c1-4-5-6-7-8-9-10-11-12-13-14-27-15-16(22)17-18-19(20(23)24-17)26-21(2,3)25-18/h16-20,22-23H,4-15H2,1-3H3/t16-,17-,18+,19+,20+/m1/s1. The highest BCUT2D eigenvalue weighted by Crippen LogP contribution is 2.39. The number of ether oxygens (including phenoxy) is 3. The molecule has 0 unspecified atom stereocenters. The van der Waals surface area contributed by atoms with Gasteiger partial charge < -0.3 is 24.4 Å². The molecule has 0 saturated carbocycles. The van der Waals surface area contributed by atoms with Gasteiger partial charge in [-0.15, -0.1) is 0 Å². The molecule has 2 fully saturated rings. The Hall–Kier alpha value is 0.150. The van der Waals surface area contributed by atoms with Gasteiger partial charge in [-0.3, -0.25) is 0 Å². The van der Waals surface area contributed by atoms with Crippen molar-refractivity contribution in [2.24, 2.45) is 0 Å². The van der Waals surface area contributed by atoms with E-state index in [0.717, 1.165) is 5.75 Å². The average molecular weight is 405 g/mol. The van der Waals surface area contributed by atoms with Gasteiger partial charge in [0.05, 0.1) is 6.10 Å². The first-order chi connectivity index (χ1) is 12.9. The first-order valence-corrected chi connectivity index (χ1v) is 12.0. The lowest BCUT2D eigenvalue weighted by atomic mass is 10.1. The van der Waals surface area contributed by atoms with Crippen LogP contribution in [0.15, 0.2) is 0 Å². The normalized spacial score (nSPS) is 30.6. The summed E-state index contributed by atoms with van der Waals surface area (Å²) in [5.74, 6) is 0.919. The summed E-state index contributed by atoms with van der Waals surface area (Å²) in [6.45, 7) is 5.90. The van der Waals surface area contributed by atoms with Crippen LogP contribution in [-0.2, 0) is 14.2 Å². The van der Waals surface area contributed by atoms with Crippen molar-refractivity contribution < 1.29 is 24.4 Å². The maximum absolute atomic E-state index is 10.5. The van der Waals surface area contributed by atoms with Crippen molar-refractivity contribution in [3.63, 3.8) is 0 Å². The van der Waals surface area contributed by atoms with Gasteiger partial charge in [-0.05, 0) is 26.0 Å². The number of hydrogen-bond acceptors (Lipinski definition) is 6. The SMILES string of the molecule is CCCCCCCCCCCCSC[C@@H](O)[C@H]1O[C@H](O)[C@H]2OC(C)(C)O[C@@H]12. The van der Waals surface area contributed by atoms with Crippen molar-refractivity contribution in [1.82, 2.24) is 0 Å². The van der Waals surface area contributed by atoms with Gasteiger partial charge in [-0.1, -0.05) is 64.7 Å². The molecular weight excluding hydrogens is 364 g/mol. The number of aliphatic hydroxyl groups excluding tert-OH is 2. The summed E-state index contributed by atoms with van der Waals surface area (Å²) in [6, 6.07) is 0. The molecule has 0 aliphatic carbocycles. The number of unbranched alkanes of at least 4 members (excludes halogenated alkanes) is 9. The lowest BCUT2D eigenvalue weighted by Gasteiger charge is -2.25. The third kappa shape index (κ3) is 7.82. The fourth-order valence-electron chi connectivity index (χ4n) is 3.91. The number of thioether (sulfide) groups is 1. The largest absolute Gasteiger partial charge is 0.389 e. The van der Waals surface area contributed by atoms with Crippen molar-refractivity contribution in [2.75, 3.05) is 11.5 Å². The Kier molecular flexibility index (Phi) is 10.4. The molecule has 5 atom stereocenters. The molecule has 0 amide bonds. The first kappa shape index (κ1) is 23.4. The molecule has 0 radical (unpaired) electrons. The summed E-state index contributed by atoms with van der Waals surface area (Å²) in [5.41, 5.74) is 0. The van der Waals surface area contributed by atoms with Gasteiger partial charge in [0.15, 0.2) is 12.1 Å². The molecule has 0 aromatic heterocycles. The molecule has 2 N–H and O–H groups in total. The van der Waals surface area contributed by atoms with Crippen molar-refractivity contribution in [2.45, 2.75) is 121 Å². The maximum Gasteiger partial charge on any atom is 0.184 e. The Morgan fingerprint density at radius 2 is 1.44 bits per heavy atom. The molecule has 2 rings (SSSR count). The van der Waals surface area contributed by atoms with Crippen LogP contribution in [0.1, 0.15) is 85.0 Å². The minimum Gasteiger partial charge on any atom is -0.389 e. The van der Waals surface area contributed by atoms with Gasteiger partial charge in [-0.2, -0.15) is 11.8 Å². The molecule has 0 spiro atoms. The minimum atomic E-state index is -1.02. The molecule has 0 aromatic rings. The topological polar surface area (TPSA) is 68.2 Å². The molecule has 0 aromatic carbocycles. The van der Waals surface area contributed by atoms with Crippen LogP contribution in [0.5, 0.6) is 0 Å². The highest BCUT2D eigenvalue weighted by atomic mass is 32.2. The molecule has 0 bridgehead atoms. The number of aliphatic hydroxyl groups is 2. The zero-order valence-corrected chi connectivity index (χ0v) is 18.2. The first-order valence-electron chi connectivity index (χ1n) is 10.9. The quantitative estimate of drug-likeness (QED) is 0.422. The predicted molar refractivity (Wildman–Crippen MR) is 110 cm³/mol. The van der Waals surface area contributed by atoms with E-state index in [1.807, 2.05) is 13.8 Å². The third-order valence-corrected chi connectivity index (χ3v) is 6.53. The van der Waals surface area contributed by atoms with Crippen LogP contribution in [0.25, 0.3) is 0 Å². The van der Waals surface area contributed by atoms with Crippen LogP contribution >= 0.6 is 11.8 Å². The van der Waals surface area contributed by atoms with Gasteiger partial charge in [0.1, 0.15) is 18.3 Å². The van der Waals surface area contributed by atoms with E-state index >= 15 is 0 Å². The lowest BCUT2D eigenvalue weighted by Crippen LogP contribution is -2.39. The molecular formula is C21H40O5S. The fourth-order valence-corrected chi connectivity index (χ4v) is 4.91. The molecule has 2 heterocycles. The Bertz CT molecular complexity index is 406. The molecule has 160 valence electrons. The zero-order chi connectivity index (χ0) is 19.7. The summed E-state index contributed by atoms with van der Waals surface area (Å²) in [6.07, 6.45) is 10.3. The van der Waals surface area contributed by atoms with E-state index in [0.29, 0.717) is 5.75 Å². The van der Waals surface area contributed by atoms with Crippen LogP contribution in [0.3, 0.4) is 0 Å². The molecule has 2 aliphatic rings. The Balaban J connectivity index is 1.48. The molecule has 27 heavy (non-hydrogen) atoms. The number of rotatable bonds is 14. The summed E-state index contributed by atoms with van der Waals surface area (Å²) in [4.78, 5) is 0. The summed E-state index contributed by atoms with van der Waals surface area (Å²) in [7, 11) is 0. The maximum atomic E-state index is 10.5. The van der Waals surface area contributed by atoms with Crippen LogP contribution < -0.4 is 0 Å². The van der Waals surface area contributed by atoms with Crippen LogP contribution in [0, 0.1) is 0 Å². The zero-order valence-electron chi connectivity index (χ0n) is 17.4. The van der Waals surface area contributed by atoms with Gasteiger partial charge in [-0.25, -0.2) is 0 Å². The van der Waals surface area contributed by atoms with Gasteiger partial charge >= 0.3 is 0 Å². The van der Waals surface area contributed by atoms with Gasteiger partial charge in [0.2, 0.25) is 0 Å². The van der Waals surface area contributed by atoms with Crippen LogP contribution in [0.4, 0.5) is 0 Å². The fraction of sp³-hybridized carbons (Fsp3) is 1.00. The van der Waals surface area contributed by atoms with Crippen molar-refractivity contribution >= 4 is 11.8 Å². The van der Waals surface area contributed by atoms with Gasteiger partial charge in [0.25, 0.3) is 0 Å². The number of hydrogen-bond donors (Lipinski definition) is 2. The monoisotopic (exact) mass is 404 g/mol. The Morgan fingerprint density at radius 1 is 0.889 bits per heavy atom. The number of fused-ring (bicyclic) bond motifs is 1. The van der Waals surface area contributed by atoms with E-state index in [-0.39, 0.29) is 0 Å². The third-order valence-electron chi connectivity index (χ3n) is 5.38. The van der Waals surface area contributed by atoms with E-state index < -0.39 is 36.5 Å². The average Bonchev–Trinajstić information content (AvgIpc) is 3.09. The van der Waals surface area contributed by atoms with Crippen LogP contribution in [0.2, 0.25) is 0 Å². The molecule has 5 nitrogen and oxygen atoms in total. The van der Waals surface area contributed by atoms with Crippen molar-refractivity contribution in [3.05, 3.63) is 0 Å². The summed E-state index contributed by atoms with van der Waals surface area (Å²) in [5, 5.41) is 20.4. The predicted octanol–water partition coefficient (Wildman–Crippen LogP) is 4.24. The van der Waals surface area contributed by atoms with E-state index in [4.69, 9.17) is 14.2 Å². The highest BCUT2D eigenvalue weighted by Gasteiger charge is 2.56. The van der Waals surface area contributed by atoms with Gasteiger partial charge in [0, 0.05) is 5.75 Å². The molecule has 2 saturated heterocycles. The smallest absolute Gasteiger partial charge is 0.184 e. The van der Waals surface area contributed by atoms with Crippen LogP contribution in [-0.4, -0.2) is 58.2 Å². The molecule has 2 aliphatic heterocycles. The summed E-state index contributed by atoms with van der Waals surface area (Å²) >= 11 is 1.75. The van der Waals surface area contributed by atoms with E-state index in [1.165, 1.54) is 64.2 Å². The Labute approximate surface area is 169 Å². The summed E-state index contributed by atoms with van der Waals surface area (Å²) < 4.78 is 17.0. The second kappa shape index (κ2) is 12.0. The lowest BCUT2D eigenvalue weighted by molar-refractivity contribution is -0.228. The van der Waals surface area contributed by atoms with E-state index in [1.54, 1.807) is 11.8 Å². The van der Waals surface area contributed by atoms with E-state index in [9.17, 15) is 10.2 Å². The second-order valence-electron chi connectivity index (χ2n) is 8.38. The van der Waals surface area contributed by atoms with E-state index in [2.05, 4.69) is 6.92 Å². The molecule has 6 heteroatoms. The highest BCUT2D eigenvalue weighted by molar-refractivity contribution is 7.99. The second-order valence-corrected chi connectivity index (χ2v) is 9.53.